The van der Waals surface area contributed by atoms with E-state index in [9.17, 15) is 9.59 Å². The third-order valence-electron chi connectivity index (χ3n) is 4.16. The predicted octanol–water partition coefficient (Wildman–Crippen LogP) is 1.04. The maximum Gasteiger partial charge on any atom is 0.320 e. The van der Waals surface area contributed by atoms with Crippen molar-refractivity contribution in [3.05, 3.63) is 48.6 Å². The molecule has 1 aliphatic heterocycles. The minimum Gasteiger partial charge on any atom is -0.452 e. The summed E-state index contributed by atoms with van der Waals surface area (Å²) in [5.41, 5.74) is 1.30. The summed E-state index contributed by atoms with van der Waals surface area (Å²) < 4.78 is 5.19. The molecule has 2 rings (SSSR count). The number of benzene rings is 1. The molecule has 1 fully saturated rings. The zero-order chi connectivity index (χ0) is 18.1. The fourth-order valence-corrected chi connectivity index (χ4v) is 2.73. The summed E-state index contributed by atoms with van der Waals surface area (Å²) in [6.07, 6.45) is 0.799. The van der Waals surface area contributed by atoms with Gasteiger partial charge in [0.05, 0.1) is 6.54 Å². The SMILES string of the molecule is C=CCNC(=O)[C@H](C)OC(=O)CN1CCN(Cc2ccccc2)CC1. The molecule has 1 heterocycles. The summed E-state index contributed by atoms with van der Waals surface area (Å²) >= 11 is 0. The highest BCUT2D eigenvalue weighted by atomic mass is 16.5. The predicted molar refractivity (Wildman–Crippen MR) is 96.9 cm³/mol. The Morgan fingerprint density at radius 1 is 1.20 bits per heavy atom. The Bertz CT molecular complexity index is 569. The van der Waals surface area contributed by atoms with Crippen LogP contribution in [0.1, 0.15) is 12.5 Å². The van der Waals surface area contributed by atoms with Crippen LogP contribution in [0.25, 0.3) is 0 Å². The molecule has 136 valence electrons. The number of rotatable bonds is 8. The van der Waals surface area contributed by atoms with Crippen LogP contribution in [0.4, 0.5) is 0 Å². The van der Waals surface area contributed by atoms with Crippen molar-refractivity contribution in [2.24, 2.45) is 0 Å². The zero-order valence-electron chi connectivity index (χ0n) is 14.8. The van der Waals surface area contributed by atoms with Gasteiger partial charge in [-0.2, -0.15) is 0 Å². The average molecular weight is 345 g/mol. The van der Waals surface area contributed by atoms with E-state index in [2.05, 4.69) is 33.8 Å². The van der Waals surface area contributed by atoms with Gasteiger partial charge in [-0.15, -0.1) is 6.58 Å². The number of piperazine rings is 1. The van der Waals surface area contributed by atoms with Crippen LogP contribution >= 0.6 is 0 Å². The maximum atomic E-state index is 12.0. The standard InChI is InChI=1S/C19H27N3O3/c1-3-9-20-19(24)16(2)25-18(23)15-22-12-10-21(11-13-22)14-17-7-5-4-6-8-17/h3-8,16H,1,9-15H2,2H3,(H,20,24)/t16-/m0/s1. The summed E-state index contributed by atoms with van der Waals surface area (Å²) in [4.78, 5) is 28.1. The molecule has 1 aromatic rings. The Balaban J connectivity index is 1.68. The number of amides is 1. The number of nitrogens with one attached hydrogen (secondary N) is 1. The topological polar surface area (TPSA) is 61.9 Å². The van der Waals surface area contributed by atoms with E-state index in [1.807, 2.05) is 18.2 Å². The molecule has 0 unspecified atom stereocenters. The molecular weight excluding hydrogens is 318 g/mol. The Hall–Kier alpha value is -2.18. The summed E-state index contributed by atoms with van der Waals surface area (Å²) in [7, 11) is 0. The lowest BCUT2D eigenvalue weighted by Gasteiger charge is -2.34. The number of carbonyl (C=O) groups is 2. The molecule has 0 bridgehead atoms. The van der Waals surface area contributed by atoms with Gasteiger partial charge in [-0.3, -0.25) is 19.4 Å². The number of carbonyl (C=O) groups excluding carboxylic acids is 2. The number of hydrogen-bond donors (Lipinski definition) is 1. The molecular formula is C19H27N3O3. The summed E-state index contributed by atoms with van der Waals surface area (Å²) in [5, 5.41) is 2.62. The van der Waals surface area contributed by atoms with Crippen LogP contribution in [0.5, 0.6) is 0 Å². The highest BCUT2D eigenvalue weighted by molar-refractivity contribution is 5.83. The average Bonchev–Trinajstić information content (AvgIpc) is 2.62. The van der Waals surface area contributed by atoms with Crippen molar-refractivity contribution in [1.29, 1.82) is 0 Å². The molecule has 6 nitrogen and oxygen atoms in total. The van der Waals surface area contributed by atoms with Crippen molar-refractivity contribution < 1.29 is 14.3 Å². The minimum atomic E-state index is -0.785. The third-order valence-corrected chi connectivity index (χ3v) is 4.16. The van der Waals surface area contributed by atoms with Gasteiger partial charge in [-0.05, 0) is 12.5 Å². The van der Waals surface area contributed by atoms with Crippen LogP contribution in [0, 0.1) is 0 Å². The normalized spacial score (nSPS) is 16.8. The number of ether oxygens (including phenoxy) is 1. The first-order valence-electron chi connectivity index (χ1n) is 8.65. The Kier molecular flexibility index (Phi) is 7.63. The van der Waals surface area contributed by atoms with E-state index in [0.29, 0.717) is 6.54 Å². The van der Waals surface area contributed by atoms with Crippen molar-refractivity contribution in [3.8, 4) is 0 Å². The van der Waals surface area contributed by atoms with E-state index in [-0.39, 0.29) is 18.4 Å². The van der Waals surface area contributed by atoms with Crippen LogP contribution in [-0.2, 0) is 20.9 Å². The molecule has 6 heteroatoms. The van der Waals surface area contributed by atoms with Gasteiger partial charge in [-0.1, -0.05) is 36.4 Å². The van der Waals surface area contributed by atoms with Crippen molar-refractivity contribution in [2.75, 3.05) is 39.3 Å². The smallest absolute Gasteiger partial charge is 0.320 e. The Morgan fingerprint density at radius 3 is 2.48 bits per heavy atom. The van der Waals surface area contributed by atoms with Crippen LogP contribution in [-0.4, -0.2) is 67.0 Å². The first kappa shape index (κ1) is 19.1. The number of esters is 1. The highest BCUT2D eigenvalue weighted by Crippen LogP contribution is 2.08. The molecule has 0 aliphatic carbocycles. The van der Waals surface area contributed by atoms with Crippen LogP contribution in [0.2, 0.25) is 0 Å². The highest BCUT2D eigenvalue weighted by Gasteiger charge is 2.22. The summed E-state index contributed by atoms with van der Waals surface area (Å²) in [6.45, 7) is 10.1. The Morgan fingerprint density at radius 2 is 1.84 bits per heavy atom. The van der Waals surface area contributed by atoms with Crippen molar-refractivity contribution in [1.82, 2.24) is 15.1 Å². The van der Waals surface area contributed by atoms with Crippen LogP contribution in [0.3, 0.4) is 0 Å². The van der Waals surface area contributed by atoms with E-state index in [4.69, 9.17) is 4.74 Å². The molecule has 0 radical (unpaired) electrons. The van der Waals surface area contributed by atoms with Crippen LogP contribution in [0.15, 0.2) is 43.0 Å². The zero-order valence-corrected chi connectivity index (χ0v) is 14.8. The van der Waals surface area contributed by atoms with Gasteiger partial charge in [0.25, 0.3) is 5.91 Å². The number of hydrogen-bond acceptors (Lipinski definition) is 5. The summed E-state index contributed by atoms with van der Waals surface area (Å²) in [5.74, 6) is -0.668. The van der Waals surface area contributed by atoms with E-state index >= 15 is 0 Å². The first-order valence-corrected chi connectivity index (χ1v) is 8.65. The summed E-state index contributed by atoms with van der Waals surface area (Å²) in [6, 6.07) is 10.4. The molecule has 0 spiro atoms. The maximum absolute atomic E-state index is 12.0. The molecule has 0 aromatic heterocycles. The number of nitrogens with zero attached hydrogens (tertiary/aromatic N) is 2. The lowest BCUT2D eigenvalue weighted by Crippen LogP contribution is -2.48. The quantitative estimate of drug-likeness (QED) is 0.563. The second kappa shape index (κ2) is 9.96. The molecule has 1 aromatic carbocycles. The third kappa shape index (κ3) is 6.68. The molecule has 25 heavy (non-hydrogen) atoms. The van der Waals surface area contributed by atoms with E-state index < -0.39 is 6.10 Å². The van der Waals surface area contributed by atoms with Gasteiger partial charge in [0, 0.05) is 39.3 Å². The largest absolute Gasteiger partial charge is 0.452 e. The van der Waals surface area contributed by atoms with Gasteiger partial charge in [0.1, 0.15) is 0 Å². The lowest BCUT2D eigenvalue weighted by molar-refractivity contribution is -0.156. The minimum absolute atomic E-state index is 0.220. The first-order chi connectivity index (χ1) is 12.1. The molecule has 1 atom stereocenters. The molecule has 1 amide bonds. The molecule has 1 N–H and O–H groups in total. The monoisotopic (exact) mass is 345 g/mol. The fourth-order valence-electron chi connectivity index (χ4n) is 2.73. The van der Waals surface area contributed by atoms with Gasteiger partial charge in [-0.25, -0.2) is 0 Å². The van der Waals surface area contributed by atoms with Gasteiger partial charge in [0.2, 0.25) is 0 Å². The molecule has 1 aliphatic rings. The van der Waals surface area contributed by atoms with Crippen molar-refractivity contribution in [3.63, 3.8) is 0 Å². The fraction of sp³-hybridized carbons (Fsp3) is 0.474. The second-order valence-electron chi connectivity index (χ2n) is 6.20. The van der Waals surface area contributed by atoms with Crippen molar-refractivity contribution in [2.45, 2.75) is 19.6 Å². The Labute approximate surface area is 149 Å². The van der Waals surface area contributed by atoms with Gasteiger partial charge >= 0.3 is 5.97 Å². The molecule has 1 saturated heterocycles. The van der Waals surface area contributed by atoms with Gasteiger partial charge < -0.3 is 10.1 Å². The lowest BCUT2D eigenvalue weighted by atomic mass is 10.2. The van der Waals surface area contributed by atoms with E-state index in [1.54, 1.807) is 13.0 Å². The second-order valence-corrected chi connectivity index (χ2v) is 6.20. The van der Waals surface area contributed by atoms with Crippen LogP contribution < -0.4 is 5.32 Å². The van der Waals surface area contributed by atoms with E-state index in [1.165, 1.54) is 5.56 Å². The molecule has 0 saturated carbocycles. The van der Waals surface area contributed by atoms with E-state index in [0.717, 1.165) is 32.7 Å². The van der Waals surface area contributed by atoms with Gasteiger partial charge in [0.15, 0.2) is 6.10 Å². The van der Waals surface area contributed by atoms with Crippen molar-refractivity contribution >= 4 is 11.9 Å².